The third-order valence-electron chi connectivity index (χ3n) is 4.19. The second-order valence-corrected chi connectivity index (χ2v) is 6.19. The van der Waals surface area contributed by atoms with Crippen molar-refractivity contribution in [3.63, 3.8) is 0 Å². The number of aryl methyl sites for hydroxylation is 1. The Morgan fingerprint density at radius 2 is 2.14 bits per heavy atom. The van der Waals surface area contributed by atoms with Gasteiger partial charge in [0.15, 0.2) is 0 Å². The number of aromatic hydroxyl groups is 1. The molecule has 3 N–H and O–H groups in total. The SMILES string of the molecule is C[C@H]1C[C@@H](C(=O)N[C@@H](C)CCc2ccc(O)cc2)CCN1. The Bertz CT molecular complexity index is 458. The van der Waals surface area contributed by atoms with E-state index in [9.17, 15) is 9.90 Å². The van der Waals surface area contributed by atoms with E-state index in [-0.39, 0.29) is 17.9 Å². The zero-order valence-electron chi connectivity index (χ0n) is 12.9. The van der Waals surface area contributed by atoms with Crippen molar-refractivity contribution in [2.75, 3.05) is 6.54 Å². The van der Waals surface area contributed by atoms with Crippen LogP contribution >= 0.6 is 0 Å². The highest BCUT2D eigenvalue weighted by Crippen LogP contribution is 2.17. The fourth-order valence-corrected chi connectivity index (χ4v) is 2.85. The summed E-state index contributed by atoms with van der Waals surface area (Å²) in [6.45, 7) is 5.12. The quantitative estimate of drug-likeness (QED) is 0.779. The van der Waals surface area contributed by atoms with Crippen LogP contribution in [0.5, 0.6) is 5.75 Å². The zero-order chi connectivity index (χ0) is 15.2. The lowest BCUT2D eigenvalue weighted by Gasteiger charge is -2.28. The highest BCUT2D eigenvalue weighted by Gasteiger charge is 2.25. The minimum Gasteiger partial charge on any atom is -0.508 e. The predicted octanol–water partition coefficient (Wildman–Crippen LogP) is 2.22. The smallest absolute Gasteiger partial charge is 0.223 e. The molecule has 0 spiro atoms. The Morgan fingerprint density at radius 3 is 2.81 bits per heavy atom. The van der Waals surface area contributed by atoms with Crippen LogP contribution in [0.2, 0.25) is 0 Å². The predicted molar refractivity (Wildman–Crippen MR) is 84.2 cm³/mol. The van der Waals surface area contributed by atoms with Crippen LogP contribution < -0.4 is 10.6 Å². The van der Waals surface area contributed by atoms with E-state index in [4.69, 9.17) is 0 Å². The van der Waals surface area contributed by atoms with Crippen LogP contribution in [-0.2, 0) is 11.2 Å². The van der Waals surface area contributed by atoms with Crippen molar-refractivity contribution < 1.29 is 9.90 Å². The van der Waals surface area contributed by atoms with E-state index < -0.39 is 0 Å². The number of carbonyl (C=O) groups excluding carboxylic acids is 1. The molecule has 1 saturated heterocycles. The molecule has 0 aliphatic carbocycles. The Balaban J connectivity index is 1.74. The van der Waals surface area contributed by atoms with E-state index in [2.05, 4.69) is 24.5 Å². The molecule has 1 aliphatic rings. The fourth-order valence-electron chi connectivity index (χ4n) is 2.85. The van der Waals surface area contributed by atoms with Crippen LogP contribution in [0.25, 0.3) is 0 Å². The van der Waals surface area contributed by atoms with Crippen LogP contribution in [0.3, 0.4) is 0 Å². The fraction of sp³-hybridized carbons (Fsp3) is 0.588. The van der Waals surface area contributed by atoms with E-state index in [1.54, 1.807) is 12.1 Å². The molecule has 1 aromatic rings. The molecule has 2 rings (SSSR count). The number of hydrogen-bond donors (Lipinski definition) is 3. The molecule has 0 aromatic heterocycles. The highest BCUT2D eigenvalue weighted by atomic mass is 16.3. The molecule has 4 heteroatoms. The summed E-state index contributed by atoms with van der Waals surface area (Å²) in [6, 6.07) is 7.87. The first kappa shape index (κ1) is 15.8. The minimum absolute atomic E-state index is 0.150. The second-order valence-electron chi connectivity index (χ2n) is 6.19. The Kier molecular flexibility index (Phi) is 5.62. The van der Waals surface area contributed by atoms with Gasteiger partial charge in [0.1, 0.15) is 5.75 Å². The molecule has 21 heavy (non-hydrogen) atoms. The molecule has 1 aliphatic heterocycles. The van der Waals surface area contributed by atoms with Crippen molar-refractivity contribution in [1.82, 2.24) is 10.6 Å². The van der Waals surface area contributed by atoms with Gasteiger partial charge in [0.2, 0.25) is 5.91 Å². The Morgan fingerprint density at radius 1 is 1.43 bits per heavy atom. The topological polar surface area (TPSA) is 61.4 Å². The molecule has 1 aromatic carbocycles. The average Bonchev–Trinajstić information content (AvgIpc) is 2.46. The third-order valence-corrected chi connectivity index (χ3v) is 4.19. The molecule has 1 amide bonds. The average molecular weight is 290 g/mol. The number of benzene rings is 1. The molecule has 0 unspecified atom stereocenters. The summed E-state index contributed by atoms with van der Waals surface area (Å²) >= 11 is 0. The van der Waals surface area contributed by atoms with Crippen molar-refractivity contribution in [3.8, 4) is 5.75 Å². The van der Waals surface area contributed by atoms with Gasteiger partial charge in [0, 0.05) is 18.0 Å². The van der Waals surface area contributed by atoms with Gasteiger partial charge in [0.25, 0.3) is 0 Å². The molecule has 3 atom stereocenters. The molecule has 0 saturated carbocycles. The van der Waals surface area contributed by atoms with E-state index in [1.807, 2.05) is 12.1 Å². The number of nitrogens with one attached hydrogen (secondary N) is 2. The number of piperidine rings is 1. The van der Waals surface area contributed by atoms with Crippen molar-refractivity contribution >= 4 is 5.91 Å². The maximum absolute atomic E-state index is 12.2. The highest BCUT2D eigenvalue weighted by molar-refractivity contribution is 5.79. The molecule has 1 fully saturated rings. The summed E-state index contributed by atoms with van der Waals surface area (Å²) in [4.78, 5) is 12.2. The maximum atomic E-state index is 12.2. The van der Waals surface area contributed by atoms with E-state index in [0.717, 1.165) is 32.2 Å². The van der Waals surface area contributed by atoms with Crippen molar-refractivity contribution in [3.05, 3.63) is 29.8 Å². The number of phenols is 1. The number of hydrogen-bond acceptors (Lipinski definition) is 3. The first-order chi connectivity index (χ1) is 10.0. The summed E-state index contributed by atoms with van der Waals surface area (Å²) < 4.78 is 0. The van der Waals surface area contributed by atoms with Gasteiger partial charge in [-0.3, -0.25) is 4.79 Å². The molecule has 116 valence electrons. The summed E-state index contributed by atoms with van der Waals surface area (Å²) in [5.74, 6) is 0.638. The summed E-state index contributed by atoms with van der Waals surface area (Å²) in [6.07, 6.45) is 3.68. The standard InChI is InChI=1S/C17H26N2O2/c1-12(3-4-14-5-7-16(20)8-6-14)19-17(21)15-9-10-18-13(2)11-15/h5-8,12-13,15,18,20H,3-4,9-11H2,1-2H3,(H,19,21)/t12-,13-,15-/m0/s1. The van der Waals surface area contributed by atoms with E-state index in [0.29, 0.717) is 11.8 Å². The largest absolute Gasteiger partial charge is 0.508 e. The second kappa shape index (κ2) is 7.46. The van der Waals surface area contributed by atoms with Gasteiger partial charge in [-0.25, -0.2) is 0 Å². The van der Waals surface area contributed by atoms with Crippen molar-refractivity contribution in [2.24, 2.45) is 5.92 Å². The Labute approximate surface area is 126 Å². The van der Waals surface area contributed by atoms with Crippen LogP contribution in [0.4, 0.5) is 0 Å². The van der Waals surface area contributed by atoms with Gasteiger partial charge in [-0.05, 0) is 63.8 Å². The minimum atomic E-state index is 0.150. The van der Waals surface area contributed by atoms with Gasteiger partial charge in [-0.1, -0.05) is 12.1 Å². The van der Waals surface area contributed by atoms with Gasteiger partial charge in [-0.15, -0.1) is 0 Å². The van der Waals surface area contributed by atoms with Crippen molar-refractivity contribution in [1.29, 1.82) is 0 Å². The van der Waals surface area contributed by atoms with Gasteiger partial charge >= 0.3 is 0 Å². The van der Waals surface area contributed by atoms with Crippen molar-refractivity contribution in [2.45, 2.75) is 51.6 Å². The lowest BCUT2D eigenvalue weighted by atomic mass is 9.92. The molecular formula is C17H26N2O2. The maximum Gasteiger partial charge on any atom is 0.223 e. The van der Waals surface area contributed by atoms with E-state index >= 15 is 0 Å². The number of amides is 1. The summed E-state index contributed by atoms with van der Waals surface area (Å²) in [5, 5.41) is 15.8. The number of rotatable bonds is 5. The normalized spacial score (nSPS) is 23.5. The van der Waals surface area contributed by atoms with Gasteiger partial charge < -0.3 is 15.7 Å². The van der Waals surface area contributed by atoms with E-state index in [1.165, 1.54) is 5.56 Å². The molecule has 0 bridgehead atoms. The molecule has 1 heterocycles. The lowest BCUT2D eigenvalue weighted by molar-refractivity contribution is -0.126. The summed E-state index contributed by atoms with van der Waals surface area (Å²) in [7, 11) is 0. The number of phenolic OH excluding ortho intramolecular Hbond substituents is 1. The molecular weight excluding hydrogens is 264 g/mol. The first-order valence-corrected chi connectivity index (χ1v) is 7.86. The van der Waals surface area contributed by atoms with Gasteiger partial charge in [0.05, 0.1) is 0 Å². The summed E-state index contributed by atoms with van der Waals surface area (Å²) in [5.41, 5.74) is 1.18. The van der Waals surface area contributed by atoms with Gasteiger partial charge in [-0.2, -0.15) is 0 Å². The third kappa shape index (κ3) is 5.05. The molecule has 4 nitrogen and oxygen atoms in total. The van der Waals surface area contributed by atoms with Crippen LogP contribution in [0.1, 0.15) is 38.7 Å². The molecule has 0 radical (unpaired) electrons. The van der Waals surface area contributed by atoms with Crippen LogP contribution in [0.15, 0.2) is 24.3 Å². The van der Waals surface area contributed by atoms with Crippen LogP contribution in [-0.4, -0.2) is 29.6 Å². The number of carbonyl (C=O) groups is 1. The zero-order valence-corrected chi connectivity index (χ0v) is 12.9. The monoisotopic (exact) mass is 290 g/mol. The Hall–Kier alpha value is -1.55. The van der Waals surface area contributed by atoms with Crippen LogP contribution in [0, 0.1) is 5.92 Å². The lowest BCUT2D eigenvalue weighted by Crippen LogP contribution is -2.44. The first-order valence-electron chi connectivity index (χ1n) is 7.86.